The van der Waals surface area contributed by atoms with Gasteiger partial charge in [0, 0.05) is 24.3 Å². The van der Waals surface area contributed by atoms with E-state index in [1.165, 1.54) is 18.4 Å². The van der Waals surface area contributed by atoms with Gasteiger partial charge in [0.1, 0.15) is 0 Å². The van der Waals surface area contributed by atoms with E-state index in [9.17, 15) is 9.59 Å². The van der Waals surface area contributed by atoms with E-state index in [-0.39, 0.29) is 24.2 Å². The second-order valence-electron chi connectivity index (χ2n) is 6.98. The number of anilines is 2. The third-order valence-electron chi connectivity index (χ3n) is 4.94. The Bertz CT molecular complexity index is 783. The molecular formula is C22H26N2O2. The Morgan fingerprint density at radius 1 is 1.15 bits per heavy atom. The van der Waals surface area contributed by atoms with Crippen LogP contribution in [-0.2, 0) is 16.0 Å². The number of carbonyl (C=O) groups is 2. The maximum absolute atomic E-state index is 12.6. The standard InChI is InChI=1S/C22H26N2O2/c1-3-4-8-17-10-12-19(13-11-17)23-22(26)18-14-21(25)24(15-18)20-9-6-5-7-16(20)2/h5-7,9-13,18H,3-4,8,14-15H2,1-2H3,(H,23,26)/t18-/m1/s1. The van der Waals surface area contributed by atoms with Gasteiger partial charge in [-0.3, -0.25) is 9.59 Å². The van der Waals surface area contributed by atoms with Gasteiger partial charge in [-0.1, -0.05) is 43.7 Å². The predicted molar refractivity (Wildman–Crippen MR) is 105 cm³/mol. The van der Waals surface area contributed by atoms with Gasteiger partial charge in [-0.2, -0.15) is 0 Å². The lowest BCUT2D eigenvalue weighted by Crippen LogP contribution is -2.28. The molecule has 0 radical (unpaired) electrons. The summed E-state index contributed by atoms with van der Waals surface area (Å²) in [7, 11) is 0. The molecule has 2 aromatic carbocycles. The van der Waals surface area contributed by atoms with E-state index in [1.54, 1.807) is 4.90 Å². The lowest BCUT2D eigenvalue weighted by Gasteiger charge is -2.19. The Morgan fingerprint density at radius 2 is 1.88 bits per heavy atom. The molecule has 1 fully saturated rings. The maximum Gasteiger partial charge on any atom is 0.229 e. The molecule has 1 heterocycles. The molecule has 1 aliphatic heterocycles. The number of unbranched alkanes of at least 4 members (excludes halogenated alkanes) is 1. The molecule has 0 bridgehead atoms. The fraction of sp³-hybridized carbons (Fsp3) is 0.364. The number of para-hydroxylation sites is 1. The number of amides is 2. The van der Waals surface area contributed by atoms with Gasteiger partial charge in [0.25, 0.3) is 0 Å². The monoisotopic (exact) mass is 350 g/mol. The van der Waals surface area contributed by atoms with Crippen LogP contribution in [0.4, 0.5) is 11.4 Å². The van der Waals surface area contributed by atoms with Gasteiger partial charge in [-0.25, -0.2) is 0 Å². The molecule has 26 heavy (non-hydrogen) atoms. The molecule has 2 aromatic rings. The summed E-state index contributed by atoms with van der Waals surface area (Å²) in [5, 5.41) is 2.96. The van der Waals surface area contributed by atoms with Crippen molar-refractivity contribution >= 4 is 23.2 Å². The van der Waals surface area contributed by atoms with Crippen molar-refractivity contribution in [3.63, 3.8) is 0 Å². The number of benzene rings is 2. The zero-order chi connectivity index (χ0) is 18.5. The first-order chi connectivity index (χ1) is 12.6. The highest BCUT2D eigenvalue weighted by Gasteiger charge is 2.35. The van der Waals surface area contributed by atoms with Crippen molar-refractivity contribution in [1.29, 1.82) is 0 Å². The molecule has 4 nitrogen and oxygen atoms in total. The number of nitrogens with one attached hydrogen (secondary N) is 1. The summed E-state index contributed by atoms with van der Waals surface area (Å²) in [5.74, 6) is -0.396. The summed E-state index contributed by atoms with van der Waals surface area (Å²) in [6.45, 7) is 4.60. The van der Waals surface area contributed by atoms with Crippen LogP contribution in [-0.4, -0.2) is 18.4 Å². The first-order valence-corrected chi connectivity index (χ1v) is 9.34. The second kappa shape index (κ2) is 8.17. The molecule has 0 unspecified atom stereocenters. The van der Waals surface area contributed by atoms with Crippen LogP contribution in [0.3, 0.4) is 0 Å². The summed E-state index contributed by atoms with van der Waals surface area (Å²) >= 11 is 0. The van der Waals surface area contributed by atoms with Crippen LogP contribution >= 0.6 is 0 Å². The Balaban J connectivity index is 1.62. The predicted octanol–water partition coefficient (Wildman–Crippen LogP) is 4.33. The number of nitrogens with zero attached hydrogens (tertiary/aromatic N) is 1. The van der Waals surface area contributed by atoms with E-state index in [4.69, 9.17) is 0 Å². The molecule has 4 heteroatoms. The van der Waals surface area contributed by atoms with Crippen molar-refractivity contribution < 1.29 is 9.59 Å². The second-order valence-corrected chi connectivity index (χ2v) is 6.98. The highest BCUT2D eigenvalue weighted by atomic mass is 16.2. The van der Waals surface area contributed by atoms with Crippen molar-refractivity contribution in [2.75, 3.05) is 16.8 Å². The van der Waals surface area contributed by atoms with Crippen LogP contribution in [0.1, 0.15) is 37.3 Å². The minimum absolute atomic E-state index is 0.00867. The summed E-state index contributed by atoms with van der Waals surface area (Å²) in [4.78, 5) is 26.7. The lowest BCUT2D eigenvalue weighted by atomic mass is 10.1. The fourth-order valence-corrected chi connectivity index (χ4v) is 3.36. The van der Waals surface area contributed by atoms with Gasteiger partial charge < -0.3 is 10.2 Å². The third kappa shape index (κ3) is 4.13. The van der Waals surface area contributed by atoms with E-state index < -0.39 is 0 Å². The van der Waals surface area contributed by atoms with E-state index in [1.807, 2.05) is 43.3 Å². The smallest absolute Gasteiger partial charge is 0.229 e. The molecule has 0 spiro atoms. The molecular weight excluding hydrogens is 324 g/mol. The minimum Gasteiger partial charge on any atom is -0.326 e. The number of hydrogen-bond donors (Lipinski definition) is 1. The lowest BCUT2D eigenvalue weighted by molar-refractivity contribution is -0.122. The topological polar surface area (TPSA) is 49.4 Å². The summed E-state index contributed by atoms with van der Waals surface area (Å²) in [6.07, 6.45) is 3.66. The van der Waals surface area contributed by atoms with Crippen molar-refractivity contribution in [1.82, 2.24) is 0 Å². The summed E-state index contributed by atoms with van der Waals surface area (Å²) in [5.41, 5.74) is 4.02. The fourth-order valence-electron chi connectivity index (χ4n) is 3.36. The Morgan fingerprint density at radius 3 is 2.58 bits per heavy atom. The van der Waals surface area contributed by atoms with Crippen molar-refractivity contribution in [2.24, 2.45) is 5.92 Å². The Hall–Kier alpha value is -2.62. The third-order valence-corrected chi connectivity index (χ3v) is 4.94. The zero-order valence-corrected chi connectivity index (χ0v) is 15.5. The number of hydrogen-bond acceptors (Lipinski definition) is 2. The summed E-state index contributed by atoms with van der Waals surface area (Å²) < 4.78 is 0. The van der Waals surface area contributed by atoms with Crippen LogP contribution in [0.5, 0.6) is 0 Å². The molecule has 1 N–H and O–H groups in total. The van der Waals surface area contributed by atoms with Gasteiger partial charge in [0.05, 0.1) is 5.92 Å². The molecule has 1 atom stereocenters. The number of aryl methyl sites for hydroxylation is 2. The molecule has 1 saturated heterocycles. The SMILES string of the molecule is CCCCc1ccc(NC(=O)[C@@H]2CC(=O)N(c3ccccc3C)C2)cc1. The van der Waals surface area contributed by atoms with Crippen LogP contribution in [0.2, 0.25) is 0 Å². The van der Waals surface area contributed by atoms with E-state index >= 15 is 0 Å². The van der Waals surface area contributed by atoms with E-state index in [0.717, 1.165) is 23.4 Å². The first-order valence-electron chi connectivity index (χ1n) is 9.34. The normalized spacial score (nSPS) is 16.8. The molecule has 0 aliphatic carbocycles. The Labute approximate surface area is 155 Å². The van der Waals surface area contributed by atoms with Crippen molar-refractivity contribution in [2.45, 2.75) is 39.5 Å². The van der Waals surface area contributed by atoms with Gasteiger partial charge >= 0.3 is 0 Å². The van der Waals surface area contributed by atoms with E-state index in [2.05, 4.69) is 24.4 Å². The highest BCUT2D eigenvalue weighted by molar-refractivity contribution is 6.03. The summed E-state index contributed by atoms with van der Waals surface area (Å²) in [6, 6.07) is 15.8. The van der Waals surface area contributed by atoms with E-state index in [0.29, 0.717) is 6.54 Å². The van der Waals surface area contributed by atoms with Gasteiger partial charge in [0.15, 0.2) is 0 Å². The van der Waals surface area contributed by atoms with Gasteiger partial charge in [0.2, 0.25) is 11.8 Å². The van der Waals surface area contributed by atoms with Crippen LogP contribution in [0.25, 0.3) is 0 Å². The van der Waals surface area contributed by atoms with Crippen LogP contribution < -0.4 is 10.2 Å². The molecule has 0 aromatic heterocycles. The molecule has 3 rings (SSSR count). The first kappa shape index (κ1) is 18.2. The van der Waals surface area contributed by atoms with Crippen molar-refractivity contribution in [3.8, 4) is 0 Å². The van der Waals surface area contributed by atoms with Gasteiger partial charge in [-0.15, -0.1) is 0 Å². The average molecular weight is 350 g/mol. The van der Waals surface area contributed by atoms with Crippen LogP contribution in [0, 0.1) is 12.8 Å². The Kier molecular flexibility index (Phi) is 5.71. The highest BCUT2D eigenvalue weighted by Crippen LogP contribution is 2.28. The average Bonchev–Trinajstić information content (AvgIpc) is 3.03. The molecule has 0 saturated carbocycles. The maximum atomic E-state index is 12.6. The molecule has 1 aliphatic rings. The minimum atomic E-state index is -0.318. The number of carbonyl (C=O) groups excluding carboxylic acids is 2. The number of rotatable bonds is 6. The largest absolute Gasteiger partial charge is 0.326 e. The van der Waals surface area contributed by atoms with Crippen LogP contribution in [0.15, 0.2) is 48.5 Å². The molecule has 2 amide bonds. The molecule has 136 valence electrons. The van der Waals surface area contributed by atoms with Crippen molar-refractivity contribution in [3.05, 3.63) is 59.7 Å². The quantitative estimate of drug-likeness (QED) is 0.843. The van der Waals surface area contributed by atoms with Gasteiger partial charge in [-0.05, 0) is 49.1 Å². The zero-order valence-electron chi connectivity index (χ0n) is 15.5.